The van der Waals surface area contributed by atoms with Gasteiger partial charge < -0.3 is 14.8 Å². The van der Waals surface area contributed by atoms with Crippen molar-refractivity contribution in [3.63, 3.8) is 0 Å². The Hall–Kier alpha value is -2.40. The molecular formula is C19H22N2O3. The zero-order chi connectivity index (χ0) is 16.8. The molecule has 0 radical (unpaired) electrons. The maximum atomic E-state index is 12.6. The number of hydrogen-bond acceptors (Lipinski definition) is 4. The summed E-state index contributed by atoms with van der Waals surface area (Å²) in [6, 6.07) is 11.4. The van der Waals surface area contributed by atoms with Crippen LogP contribution < -0.4 is 10.1 Å². The molecule has 0 bridgehead atoms. The summed E-state index contributed by atoms with van der Waals surface area (Å²) in [7, 11) is 1.64. The third kappa shape index (κ3) is 3.92. The molecule has 1 N–H and O–H groups in total. The minimum Gasteiger partial charge on any atom is -0.491 e. The molecular weight excluding hydrogens is 304 g/mol. The van der Waals surface area contributed by atoms with E-state index in [0.29, 0.717) is 13.2 Å². The van der Waals surface area contributed by atoms with E-state index in [9.17, 15) is 4.79 Å². The molecule has 0 spiro atoms. The van der Waals surface area contributed by atoms with Gasteiger partial charge in [-0.05, 0) is 55.2 Å². The van der Waals surface area contributed by atoms with Crippen molar-refractivity contribution in [2.45, 2.75) is 25.2 Å². The maximum Gasteiger partial charge on any atom is 0.233 e. The van der Waals surface area contributed by atoms with E-state index in [-0.39, 0.29) is 11.8 Å². The monoisotopic (exact) mass is 326 g/mol. The maximum absolute atomic E-state index is 12.6. The minimum atomic E-state index is -0.174. The minimum absolute atomic E-state index is 0.00250. The SMILES string of the molecule is COCCOc1ccc(NC(=O)[C@H]2CCCc3cccnc32)cc1. The van der Waals surface area contributed by atoms with Crippen LogP contribution in [0.25, 0.3) is 0 Å². The lowest BCUT2D eigenvalue weighted by Gasteiger charge is -2.23. The number of benzene rings is 1. The van der Waals surface area contributed by atoms with Crippen molar-refractivity contribution in [1.29, 1.82) is 0 Å². The largest absolute Gasteiger partial charge is 0.491 e. The molecule has 0 aliphatic heterocycles. The second kappa shape index (κ2) is 7.93. The van der Waals surface area contributed by atoms with Crippen LogP contribution in [-0.4, -0.2) is 31.2 Å². The number of rotatable bonds is 6. The van der Waals surface area contributed by atoms with Gasteiger partial charge in [0.1, 0.15) is 12.4 Å². The van der Waals surface area contributed by atoms with E-state index in [1.54, 1.807) is 13.3 Å². The lowest BCUT2D eigenvalue weighted by Crippen LogP contribution is -2.25. The molecule has 5 heteroatoms. The number of fused-ring (bicyclic) bond motifs is 1. The number of nitrogens with zero attached hydrogens (tertiary/aromatic N) is 1. The smallest absolute Gasteiger partial charge is 0.233 e. The molecule has 1 amide bonds. The summed E-state index contributed by atoms with van der Waals surface area (Å²) in [5.41, 5.74) is 2.87. The lowest BCUT2D eigenvalue weighted by molar-refractivity contribution is -0.118. The van der Waals surface area contributed by atoms with Gasteiger partial charge in [0.2, 0.25) is 5.91 Å². The van der Waals surface area contributed by atoms with Crippen molar-refractivity contribution >= 4 is 11.6 Å². The topological polar surface area (TPSA) is 60.5 Å². The molecule has 1 aliphatic rings. The molecule has 0 saturated heterocycles. The zero-order valence-electron chi connectivity index (χ0n) is 13.8. The Balaban J connectivity index is 1.63. The first-order valence-electron chi connectivity index (χ1n) is 8.24. The normalized spacial score (nSPS) is 16.3. The standard InChI is InChI=1S/C19H22N2O3/c1-23-12-13-24-16-9-7-15(8-10-16)21-19(22)17-6-2-4-14-5-3-11-20-18(14)17/h3,5,7-11,17H,2,4,6,12-13H2,1H3,(H,21,22)/t17-/m0/s1. The highest BCUT2D eigenvalue weighted by atomic mass is 16.5. The summed E-state index contributed by atoms with van der Waals surface area (Å²) in [6.07, 6.45) is 4.62. The molecule has 126 valence electrons. The number of carbonyl (C=O) groups excluding carboxylic acids is 1. The van der Waals surface area contributed by atoms with Gasteiger partial charge >= 0.3 is 0 Å². The van der Waals surface area contributed by atoms with Crippen molar-refractivity contribution in [2.24, 2.45) is 0 Å². The summed E-state index contributed by atoms with van der Waals surface area (Å²) in [5, 5.41) is 2.99. The molecule has 0 unspecified atom stereocenters. The highest BCUT2D eigenvalue weighted by Gasteiger charge is 2.27. The number of amides is 1. The van der Waals surface area contributed by atoms with E-state index in [4.69, 9.17) is 9.47 Å². The van der Waals surface area contributed by atoms with Crippen molar-refractivity contribution in [1.82, 2.24) is 4.98 Å². The van der Waals surface area contributed by atoms with E-state index in [1.165, 1.54) is 5.56 Å². The predicted octanol–water partition coefficient (Wildman–Crippen LogP) is 3.17. The highest BCUT2D eigenvalue weighted by molar-refractivity contribution is 5.95. The number of pyridine rings is 1. The van der Waals surface area contributed by atoms with Gasteiger partial charge in [-0.1, -0.05) is 6.07 Å². The van der Waals surface area contributed by atoms with Gasteiger partial charge in [-0.3, -0.25) is 9.78 Å². The van der Waals surface area contributed by atoms with Crippen LogP contribution in [0.1, 0.15) is 30.0 Å². The van der Waals surface area contributed by atoms with Crippen molar-refractivity contribution in [2.75, 3.05) is 25.6 Å². The Bertz CT molecular complexity index is 685. The third-order valence-corrected chi connectivity index (χ3v) is 4.19. The van der Waals surface area contributed by atoms with Gasteiger partial charge in [0.15, 0.2) is 0 Å². The number of aromatic nitrogens is 1. The molecule has 1 aromatic carbocycles. The van der Waals surface area contributed by atoms with Crippen LogP contribution in [0.2, 0.25) is 0 Å². The first kappa shape index (κ1) is 16.5. The van der Waals surface area contributed by atoms with Crippen molar-refractivity contribution in [3.05, 3.63) is 53.9 Å². The number of anilines is 1. The average molecular weight is 326 g/mol. The van der Waals surface area contributed by atoms with Crippen molar-refractivity contribution < 1.29 is 14.3 Å². The second-order valence-corrected chi connectivity index (χ2v) is 5.85. The molecule has 5 nitrogen and oxygen atoms in total. The summed E-state index contributed by atoms with van der Waals surface area (Å²) >= 11 is 0. The van der Waals surface area contributed by atoms with Gasteiger partial charge in [0.05, 0.1) is 18.2 Å². The number of methoxy groups -OCH3 is 1. The molecule has 3 rings (SSSR count). The van der Waals surface area contributed by atoms with Crippen LogP contribution in [0.5, 0.6) is 5.75 Å². The van der Waals surface area contributed by atoms with Crippen LogP contribution in [0.3, 0.4) is 0 Å². The first-order valence-corrected chi connectivity index (χ1v) is 8.24. The van der Waals surface area contributed by atoms with Crippen LogP contribution in [0.4, 0.5) is 5.69 Å². The van der Waals surface area contributed by atoms with Crippen LogP contribution in [-0.2, 0) is 16.0 Å². The molecule has 1 aromatic heterocycles. The summed E-state index contributed by atoms with van der Waals surface area (Å²) < 4.78 is 10.5. The van der Waals surface area contributed by atoms with Crippen LogP contribution in [0.15, 0.2) is 42.6 Å². The predicted molar refractivity (Wildman–Crippen MR) is 92.4 cm³/mol. The highest BCUT2D eigenvalue weighted by Crippen LogP contribution is 2.31. The number of ether oxygens (including phenoxy) is 2. The van der Waals surface area contributed by atoms with E-state index in [0.717, 1.165) is 36.4 Å². The van der Waals surface area contributed by atoms with Gasteiger partial charge in [0, 0.05) is 19.0 Å². The molecule has 0 saturated carbocycles. The number of nitrogens with one attached hydrogen (secondary N) is 1. The molecule has 2 aromatic rings. The summed E-state index contributed by atoms with van der Waals surface area (Å²) in [6.45, 7) is 1.05. The molecule has 1 atom stereocenters. The van der Waals surface area contributed by atoms with E-state index in [2.05, 4.69) is 16.4 Å². The fourth-order valence-electron chi connectivity index (χ4n) is 2.97. The van der Waals surface area contributed by atoms with Crippen molar-refractivity contribution in [3.8, 4) is 5.75 Å². The number of hydrogen-bond donors (Lipinski definition) is 1. The lowest BCUT2D eigenvalue weighted by atomic mass is 9.86. The molecule has 24 heavy (non-hydrogen) atoms. The Kier molecular flexibility index (Phi) is 5.43. The summed E-state index contributed by atoms with van der Waals surface area (Å²) in [5.74, 6) is 0.588. The van der Waals surface area contributed by atoms with Crippen LogP contribution in [0, 0.1) is 0 Å². The Labute approximate surface area is 142 Å². The molecule has 0 fully saturated rings. The summed E-state index contributed by atoms with van der Waals surface area (Å²) in [4.78, 5) is 17.1. The second-order valence-electron chi connectivity index (χ2n) is 5.85. The van der Waals surface area contributed by atoms with Crippen LogP contribution >= 0.6 is 0 Å². The fourth-order valence-corrected chi connectivity index (χ4v) is 2.97. The quantitative estimate of drug-likeness (QED) is 0.828. The third-order valence-electron chi connectivity index (χ3n) is 4.19. The van der Waals surface area contributed by atoms with E-state index >= 15 is 0 Å². The Morgan fingerprint density at radius 1 is 1.25 bits per heavy atom. The number of aryl methyl sites for hydroxylation is 1. The van der Waals surface area contributed by atoms with E-state index in [1.807, 2.05) is 30.3 Å². The zero-order valence-corrected chi connectivity index (χ0v) is 13.8. The average Bonchev–Trinajstić information content (AvgIpc) is 2.63. The first-order chi connectivity index (χ1) is 11.8. The van der Waals surface area contributed by atoms with Gasteiger partial charge in [-0.15, -0.1) is 0 Å². The van der Waals surface area contributed by atoms with Gasteiger partial charge in [-0.2, -0.15) is 0 Å². The number of carbonyl (C=O) groups is 1. The Morgan fingerprint density at radius 2 is 2.08 bits per heavy atom. The fraction of sp³-hybridized carbons (Fsp3) is 0.368. The Morgan fingerprint density at radius 3 is 2.88 bits per heavy atom. The molecule has 1 aliphatic carbocycles. The van der Waals surface area contributed by atoms with Gasteiger partial charge in [0.25, 0.3) is 0 Å². The van der Waals surface area contributed by atoms with Gasteiger partial charge in [-0.25, -0.2) is 0 Å². The molecule has 1 heterocycles. The van der Waals surface area contributed by atoms with E-state index < -0.39 is 0 Å².